The van der Waals surface area contributed by atoms with E-state index in [0.717, 1.165) is 5.52 Å². The van der Waals surface area contributed by atoms with E-state index in [9.17, 15) is 9.59 Å². The Hall–Kier alpha value is -2.24. The van der Waals surface area contributed by atoms with Gasteiger partial charge in [0, 0.05) is 12.6 Å². The Morgan fingerprint density at radius 3 is 2.59 bits per heavy atom. The van der Waals surface area contributed by atoms with Crippen molar-refractivity contribution in [3.63, 3.8) is 0 Å². The lowest BCUT2D eigenvalue weighted by molar-refractivity contribution is 0.0509. The van der Waals surface area contributed by atoms with Crippen LogP contribution in [0.4, 0.5) is 0 Å². The van der Waals surface area contributed by atoms with Gasteiger partial charge in [-0.3, -0.25) is 4.79 Å². The molecule has 2 aromatic heterocycles. The summed E-state index contributed by atoms with van der Waals surface area (Å²) < 4.78 is 12.6. The van der Waals surface area contributed by atoms with Crippen molar-refractivity contribution in [2.75, 3.05) is 6.61 Å². The van der Waals surface area contributed by atoms with Crippen molar-refractivity contribution in [1.82, 2.24) is 9.55 Å². The van der Waals surface area contributed by atoms with Crippen molar-refractivity contribution in [2.45, 2.75) is 40.2 Å². The van der Waals surface area contributed by atoms with Crippen LogP contribution < -0.4 is 10.3 Å². The van der Waals surface area contributed by atoms with E-state index < -0.39 is 5.97 Å². The monoisotopic (exact) mass is 306 g/mol. The Morgan fingerprint density at radius 1 is 1.36 bits per heavy atom. The topological polar surface area (TPSA) is 73.3 Å². The predicted molar refractivity (Wildman–Crippen MR) is 84.6 cm³/mol. The summed E-state index contributed by atoms with van der Waals surface area (Å²) in [4.78, 5) is 27.2. The molecular weight excluding hydrogens is 284 g/mol. The van der Waals surface area contributed by atoms with Gasteiger partial charge in [0.05, 0.1) is 18.2 Å². The van der Waals surface area contributed by atoms with E-state index in [4.69, 9.17) is 9.47 Å². The van der Waals surface area contributed by atoms with Gasteiger partial charge in [-0.1, -0.05) is 6.92 Å². The highest BCUT2D eigenvalue weighted by molar-refractivity contribution is 6.00. The summed E-state index contributed by atoms with van der Waals surface area (Å²) in [5.74, 6) is -0.0959. The number of aryl methyl sites for hydroxylation is 2. The van der Waals surface area contributed by atoms with Gasteiger partial charge in [-0.15, -0.1) is 0 Å². The lowest BCUT2D eigenvalue weighted by atomic mass is 10.2. The molecule has 2 aromatic rings. The number of ether oxygens (including phenoxy) is 2. The smallest absolute Gasteiger partial charge is 0.358 e. The number of hydrogen-bond donors (Lipinski definition) is 1. The summed E-state index contributed by atoms with van der Waals surface area (Å²) in [6.07, 6.45) is 0.485. The maximum atomic E-state index is 12.3. The van der Waals surface area contributed by atoms with Crippen molar-refractivity contribution in [1.29, 1.82) is 0 Å². The molecule has 0 aliphatic heterocycles. The molecule has 0 bridgehead atoms. The number of fused-ring (bicyclic) bond motifs is 1. The minimum atomic E-state index is -0.462. The first kappa shape index (κ1) is 16.1. The van der Waals surface area contributed by atoms with Crippen LogP contribution in [0.15, 0.2) is 10.9 Å². The number of pyridine rings is 1. The molecule has 0 amide bonds. The number of nitrogens with zero attached hydrogens (tertiary/aromatic N) is 1. The van der Waals surface area contributed by atoms with Gasteiger partial charge in [0.25, 0.3) is 5.56 Å². The first-order chi connectivity index (χ1) is 10.4. The number of carbonyl (C=O) groups excluding carboxylic acids is 1. The maximum Gasteiger partial charge on any atom is 0.358 e. The largest absolute Gasteiger partial charge is 0.486 e. The number of esters is 1. The predicted octanol–water partition coefficient (Wildman–Crippen LogP) is 2.39. The lowest BCUT2D eigenvalue weighted by Crippen LogP contribution is -2.14. The summed E-state index contributed by atoms with van der Waals surface area (Å²) in [5, 5.41) is 0. The number of hydrogen-bond acceptors (Lipinski definition) is 4. The average Bonchev–Trinajstić information content (AvgIpc) is 2.70. The quantitative estimate of drug-likeness (QED) is 0.861. The number of nitrogens with one attached hydrogen (secondary N) is 1. The molecule has 0 aliphatic rings. The molecule has 0 radical (unpaired) electrons. The fourth-order valence-corrected chi connectivity index (χ4v) is 2.43. The maximum absolute atomic E-state index is 12.3. The Morgan fingerprint density at radius 2 is 2.05 bits per heavy atom. The van der Waals surface area contributed by atoms with E-state index in [2.05, 4.69) is 4.98 Å². The average molecular weight is 306 g/mol. The van der Waals surface area contributed by atoms with Crippen LogP contribution in [0.25, 0.3) is 11.0 Å². The van der Waals surface area contributed by atoms with E-state index >= 15 is 0 Å². The molecule has 2 rings (SSSR count). The fourth-order valence-electron chi connectivity index (χ4n) is 2.43. The zero-order valence-corrected chi connectivity index (χ0v) is 13.6. The Labute approximate surface area is 129 Å². The number of H-pyrrole nitrogens is 1. The molecule has 22 heavy (non-hydrogen) atoms. The zero-order chi connectivity index (χ0) is 16.4. The molecule has 120 valence electrons. The minimum absolute atomic E-state index is 0.131. The van der Waals surface area contributed by atoms with Crippen molar-refractivity contribution in [2.24, 2.45) is 7.05 Å². The van der Waals surface area contributed by atoms with Gasteiger partial charge >= 0.3 is 5.97 Å². The highest BCUT2D eigenvalue weighted by Crippen LogP contribution is 2.32. The van der Waals surface area contributed by atoms with Crippen LogP contribution >= 0.6 is 0 Å². The molecular formula is C16H22N2O4. The van der Waals surface area contributed by atoms with E-state index in [0.29, 0.717) is 28.9 Å². The van der Waals surface area contributed by atoms with Gasteiger partial charge in [0.2, 0.25) is 0 Å². The number of carbonyl (C=O) groups is 1. The third-order valence-corrected chi connectivity index (χ3v) is 3.44. The normalized spacial score (nSPS) is 11.2. The van der Waals surface area contributed by atoms with E-state index in [1.165, 1.54) is 0 Å². The molecule has 0 aromatic carbocycles. The van der Waals surface area contributed by atoms with Crippen LogP contribution in [-0.4, -0.2) is 28.2 Å². The van der Waals surface area contributed by atoms with Crippen LogP contribution in [0.1, 0.15) is 43.7 Å². The standard InChI is InChI=1S/C16H22N2O4/c1-6-10-8-11-12(17-15(10)19)14(22-9(3)4)13(18(11)5)16(20)21-7-2/h8-9H,6-7H2,1-5H3,(H,17,19). The van der Waals surface area contributed by atoms with Crippen LogP contribution in [0, 0.1) is 0 Å². The first-order valence-electron chi connectivity index (χ1n) is 7.49. The third-order valence-electron chi connectivity index (χ3n) is 3.44. The van der Waals surface area contributed by atoms with Crippen molar-refractivity contribution >= 4 is 17.0 Å². The van der Waals surface area contributed by atoms with Crippen LogP contribution in [0.5, 0.6) is 5.75 Å². The molecule has 0 spiro atoms. The summed E-state index contributed by atoms with van der Waals surface area (Å²) >= 11 is 0. The zero-order valence-electron chi connectivity index (χ0n) is 13.6. The Kier molecular flexibility index (Phi) is 4.59. The number of aromatic amines is 1. The van der Waals surface area contributed by atoms with E-state index in [1.807, 2.05) is 20.8 Å². The van der Waals surface area contributed by atoms with E-state index in [1.54, 1.807) is 24.6 Å². The highest BCUT2D eigenvalue weighted by atomic mass is 16.5. The third kappa shape index (κ3) is 2.73. The summed E-state index contributed by atoms with van der Waals surface area (Å²) in [5.41, 5.74) is 2.09. The van der Waals surface area contributed by atoms with Gasteiger partial charge in [-0.05, 0) is 33.3 Å². The van der Waals surface area contributed by atoms with Crippen molar-refractivity contribution in [3.05, 3.63) is 27.7 Å². The van der Waals surface area contributed by atoms with Crippen LogP contribution in [0.2, 0.25) is 0 Å². The highest BCUT2D eigenvalue weighted by Gasteiger charge is 2.25. The van der Waals surface area contributed by atoms with Crippen LogP contribution in [0.3, 0.4) is 0 Å². The number of rotatable bonds is 5. The van der Waals surface area contributed by atoms with Gasteiger partial charge in [0.15, 0.2) is 11.4 Å². The summed E-state index contributed by atoms with van der Waals surface area (Å²) in [6.45, 7) is 7.68. The molecule has 0 saturated heterocycles. The second kappa shape index (κ2) is 6.25. The van der Waals surface area contributed by atoms with Crippen molar-refractivity contribution < 1.29 is 14.3 Å². The molecule has 6 nitrogen and oxygen atoms in total. The Balaban J connectivity index is 2.78. The van der Waals surface area contributed by atoms with Gasteiger partial charge < -0.3 is 19.0 Å². The number of aromatic nitrogens is 2. The van der Waals surface area contributed by atoms with Gasteiger partial charge in [0.1, 0.15) is 5.52 Å². The van der Waals surface area contributed by atoms with Gasteiger partial charge in [-0.2, -0.15) is 0 Å². The summed E-state index contributed by atoms with van der Waals surface area (Å²) in [6, 6.07) is 1.80. The molecule has 2 heterocycles. The molecule has 0 fully saturated rings. The Bertz CT molecular complexity index is 756. The molecule has 0 atom stereocenters. The summed E-state index contributed by atoms with van der Waals surface area (Å²) in [7, 11) is 1.76. The SMILES string of the molecule is CCOC(=O)c1c(OC(C)C)c2[nH]c(=O)c(CC)cc2n1C. The van der Waals surface area contributed by atoms with Crippen molar-refractivity contribution in [3.8, 4) is 5.75 Å². The second-order valence-corrected chi connectivity index (χ2v) is 5.36. The molecule has 0 saturated carbocycles. The fraction of sp³-hybridized carbons (Fsp3) is 0.500. The van der Waals surface area contributed by atoms with E-state index in [-0.39, 0.29) is 18.3 Å². The molecule has 6 heteroatoms. The minimum Gasteiger partial charge on any atom is -0.486 e. The lowest BCUT2D eigenvalue weighted by Gasteiger charge is -2.11. The molecule has 0 unspecified atom stereocenters. The van der Waals surface area contributed by atoms with Crippen LogP contribution in [-0.2, 0) is 18.2 Å². The van der Waals surface area contributed by atoms with Gasteiger partial charge in [-0.25, -0.2) is 4.79 Å². The first-order valence-corrected chi connectivity index (χ1v) is 7.49. The molecule has 1 N–H and O–H groups in total. The molecule has 0 aliphatic carbocycles. The second-order valence-electron chi connectivity index (χ2n) is 5.36.